The number of para-hydroxylation sites is 2. The number of hydrogen-bond acceptors (Lipinski definition) is 3. The fourth-order valence-electron chi connectivity index (χ4n) is 1.40. The van der Waals surface area contributed by atoms with Crippen LogP contribution in [-0.4, -0.2) is 9.55 Å². The average molecular weight is 250 g/mol. The van der Waals surface area contributed by atoms with E-state index < -0.39 is 0 Å². The van der Waals surface area contributed by atoms with Crippen LogP contribution < -0.4 is 5.90 Å². The van der Waals surface area contributed by atoms with Crippen LogP contribution in [0.5, 0.6) is 0 Å². The first-order chi connectivity index (χ1) is 6.33. The predicted molar refractivity (Wildman–Crippen MR) is 64.2 cm³/mol. The SMILES string of the molecule is Cl.Cl.Cn1c(CON)nc2ccccc21. The van der Waals surface area contributed by atoms with Crippen LogP contribution >= 0.6 is 24.8 Å². The molecule has 0 aliphatic heterocycles. The largest absolute Gasteiger partial charge is 0.329 e. The molecule has 0 aliphatic rings. The molecule has 4 nitrogen and oxygen atoms in total. The zero-order chi connectivity index (χ0) is 9.26. The van der Waals surface area contributed by atoms with Crippen molar-refractivity contribution in [2.45, 2.75) is 6.61 Å². The molecule has 2 N–H and O–H groups in total. The number of benzene rings is 1. The van der Waals surface area contributed by atoms with Gasteiger partial charge in [0.15, 0.2) is 0 Å². The van der Waals surface area contributed by atoms with Crippen molar-refractivity contribution in [2.75, 3.05) is 0 Å². The number of halogens is 2. The van der Waals surface area contributed by atoms with Crippen LogP contribution in [0, 0.1) is 0 Å². The molecule has 0 aliphatic carbocycles. The molecule has 0 saturated carbocycles. The van der Waals surface area contributed by atoms with Gasteiger partial charge in [-0.1, -0.05) is 12.1 Å². The Kier molecular flexibility index (Phi) is 5.60. The van der Waals surface area contributed by atoms with Gasteiger partial charge >= 0.3 is 0 Å². The van der Waals surface area contributed by atoms with Crippen LogP contribution in [0.2, 0.25) is 0 Å². The summed E-state index contributed by atoms with van der Waals surface area (Å²) in [5.41, 5.74) is 2.06. The number of nitrogens with two attached hydrogens (primary N) is 1. The van der Waals surface area contributed by atoms with Crippen LogP contribution in [0.1, 0.15) is 5.82 Å². The molecular weight excluding hydrogens is 237 g/mol. The summed E-state index contributed by atoms with van der Waals surface area (Å²) in [7, 11) is 1.95. The summed E-state index contributed by atoms with van der Waals surface area (Å²) in [5, 5.41) is 0. The zero-order valence-corrected chi connectivity index (χ0v) is 9.85. The summed E-state index contributed by atoms with van der Waals surface area (Å²) < 4.78 is 1.97. The van der Waals surface area contributed by atoms with Crippen molar-refractivity contribution in [3.05, 3.63) is 30.1 Å². The number of hydrogen-bond donors (Lipinski definition) is 1. The molecular formula is C9H13Cl2N3O. The minimum atomic E-state index is 0. The first-order valence-electron chi connectivity index (χ1n) is 4.05. The Morgan fingerprint density at radius 3 is 2.60 bits per heavy atom. The monoisotopic (exact) mass is 249 g/mol. The summed E-state index contributed by atoms with van der Waals surface area (Å²) in [5.74, 6) is 5.83. The highest BCUT2D eigenvalue weighted by atomic mass is 35.5. The lowest BCUT2D eigenvalue weighted by Gasteiger charge is -1.98. The minimum absolute atomic E-state index is 0. The fourth-order valence-corrected chi connectivity index (χ4v) is 1.40. The Labute approximate surface area is 100 Å². The van der Waals surface area contributed by atoms with E-state index in [-0.39, 0.29) is 24.8 Å². The topological polar surface area (TPSA) is 53.1 Å². The van der Waals surface area contributed by atoms with Gasteiger partial charge in [0, 0.05) is 7.05 Å². The summed E-state index contributed by atoms with van der Waals surface area (Å²) in [6.07, 6.45) is 0. The third-order valence-electron chi connectivity index (χ3n) is 2.09. The molecule has 0 radical (unpaired) electrons. The lowest BCUT2D eigenvalue weighted by atomic mass is 10.3. The highest BCUT2D eigenvalue weighted by molar-refractivity contribution is 5.85. The van der Waals surface area contributed by atoms with Crippen LogP contribution in [0.4, 0.5) is 0 Å². The van der Waals surface area contributed by atoms with Crippen LogP contribution in [0.25, 0.3) is 11.0 Å². The molecule has 2 aromatic rings. The second-order valence-corrected chi connectivity index (χ2v) is 2.89. The van der Waals surface area contributed by atoms with Crippen molar-refractivity contribution in [1.29, 1.82) is 0 Å². The Morgan fingerprint density at radius 2 is 2.00 bits per heavy atom. The molecule has 1 heterocycles. The lowest BCUT2D eigenvalue weighted by Crippen LogP contribution is -2.04. The predicted octanol–water partition coefficient (Wildman–Crippen LogP) is 1.81. The Balaban J connectivity index is 0.000000980. The summed E-state index contributed by atoms with van der Waals surface area (Å²) in [6, 6.07) is 7.93. The molecule has 0 amide bonds. The number of aryl methyl sites for hydroxylation is 1. The van der Waals surface area contributed by atoms with E-state index in [2.05, 4.69) is 9.82 Å². The standard InChI is InChI=1S/C9H11N3O.2ClH/c1-12-8-5-3-2-4-7(8)11-9(12)6-13-10;;/h2-5H,6,10H2,1H3;2*1H. The van der Waals surface area contributed by atoms with Gasteiger partial charge in [0.05, 0.1) is 11.0 Å². The van der Waals surface area contributed by atoms with Gasteiger partial charge in [-0.15, -0.1) is 24.8 Å². The number of rotatable bonds is 2. The van der Waals surface area contributed by atoms with E-state index in [1.165, 1.54) is 0 Å². The minimum Gasteiger partial charge on any atom is -0.329 e. The molecule has 0 saturated heterocycles. The van der Waals surface area contributed by atoms with Gasteiger partial charge in [0.25, 0.3) is 0 Å². The van der Waals surface area contributed by atoms with Gasteiger partial charge in [-0.3, -0.25) is 4.84 Å². The van der Waals surface area contributed by atoms with Gasteiger partial charge in [-0.05, 0) is 12.1 Å². The maximum Gasteiger partial charge on any atom is 0.137 e. The molecule has 0 fully saturated rings. The number of nitrogens with zero attached hydrogens (tertiary/aromatic N) is 2. The molecule has 6 heteroatoms. The van der Waals surface area contributed by atoms with Gasteiger partial charge < -0.3 is 4.57 Å². The number of fused-ring (bicyclic) bond motifs is 1. The van der Waals surface area contributed by atoms with E-state index in [1.807, 2.05) is 35.9 Å². The number of imidazole rings is 1. The normalized spacial score (nSPS) is 9.47. The molecule has 1 aromatic carbocycles. The lowest BCUT2D eigenvalue weighted by molar-refractivity contribution is 0.117. The summed E-state index contributed by atoms with van der Waals surface area (Å²) in [6.45, 7) is 0.338. The van der Waals surface area contributed by atoms with Crippen molar-refractivity contribution < 1.29 is 4.84 Å². The molecule has 1 aromatic heterocycles. The highest BCUT2D eigenvalue weighted by Crippen LogP contribution is 2.13. The van der Waals surface area contributed by atoms with Crippen molar-refractivity contribution in [3.63, 3.8) is 0 Å². The summed E-state index contributed by atoms with van der Waals surface area (Å²) in [4.78, 5) is 8.91. The highest BCUT2D eigenvalue weighted by Gasteiger charge is 2.05. The zero-order valence-electron chi connectivity index (χ0n) is 8.21. The molecule has 0 unspecified atom stereocenters. The van der Waals surface area contributed by atoms with Gasteiger partial charge in [-0.2, -0.15) is 0 Å². The van der Waals surface area contributed by atoms with Crippen molar-refractivity contribution >= 4 is 35.8 Å². The van der Waals surface area contributed by atoms with Crippen LogP contribution in [0.15, 0.2) is 24.3 Å². The maximum absolute atomic E-state index is 5.00. The second-order valence-electron chi connectivity index (χ2n) is 2.89. The van der Waals surface area contributed by atoms with Crippen LogP contribution in [-0.2, 0) is 18.5 Å². The van der Waals surface area contributed by atoms with Gasteiger partial charge in [-0.25, -0.2) is 10.9 Å². The van der Waals surface area contributed by atoms with Crippen molar-refractivity contribution in [2.24, 2.45) is 12.9 Å². The molecule has 2 rings (SSSR count). The van der Waals surface area contributed by atoms with E-state index in [4.69, 9.17) is 5.90 Å². The Morgan fingerprint density at radius 1 is 1.33 bits per heavy atom. The van der Waals surface area contributed by atoms with Crippen LogP contribution in [0.3, 0.4) is 0 Å². The molecule has 15 heavy (non-hydrogen) atoms. The van der Waals surface area contributed by atoms with Gasteiger partial charge in [0.1, 0.15) is 12.4 Å². The average Bonchev–Trinajstić information content (AvgIpc) is 2.46. The van der Waals surface area contributed by atoms with Crippen molar-refractivity contribution in [3.8, 4) is 0 Å². The maximum atomic E-state index is 5.00. The number of aromatic nitrogens is 2. The fraction of sp³-hybridized carbons (Fsp3) is 0.222. The first kappa shape index (κ1) is 14.2. The first-order valence-corrected chi connectivity index (χ1v) is 4.05. The summed E-state index contributed by atoms with van der Waals surface area (Å²) >= 11 is 0. The van der Waals surface area contributed by atoms with Crippen molar-refractivity contribution in [1.82, 2.24) is 9.55 Å². The third-order valence-corrected chi connectivity index (χ3v) is 2.09. The molecule has 0 atom stereocenters. The van der Waals surface area contributed by atoms with Gasteiger partial charge in [0.2, 0.25) is 0 Å². The Hall–Kier alpha value is -0.810. The van der Waals surface area contributed by atoms with E-state index in [9.17, 15) is 0 Å². The van der Waals surface area contributed by atoms with E-state index in [1.54, 1.807) is 0 Å². The third kappa shape index (κ3) is 2.60. The smallest absolute Gasteiger partial charge is 0.137 e. The second kappa shape index (κ2) is 5.92. The quantitative estimate of drug-likeness (QED) is 0.827. The van der Waals surface area contributed by atoms with E-state index in [0.29, 0.717) is 6.61 Å². The molecule has 84 valence electrons. The van der Waals surface area contributed by atoms with E-state index >= 15 is 0 Å². The molecule has 0 spiro atoms. The Bertz CT molecular complexity index is 430. The van der Waals surface area contributed by atoms with E-state index in [0.717, 1.165) is 16.9 Å². The molecule has 0 bridgehead atoms.